The lowest BCUT2D eigenvalue weighted by Gasteiger charge is -2.36. The molecule has 29 heavy (non-hydrogen) atoms. The molecule has 0 unspecified atom stereocenters. The summed E-state index contributed by atoms with van der Waals surface area (Å²) in [4.78, 5) is 25.6. The van der Waals surface area contributed by atoms with Crippen molar-refractivity contribution in [3.8, 4) is 5.69 Å². The summed E-state index contributed by atoms with van der Waals surface area (Å²) in [5.74, 6) is 1.53. The van der Waals surface area contributed by atoms with Gasteiger partial charge in [0.25, 0.3) is 0 Å². The van der Waals surface area contributed by atoms with Gasteiger partial charge in [-0.15, -0.1) is 0 Å². The van der Waals surface area contributed by atoms with Crippen LogP contribution in [0.15, 0.2) is 30.5 Å². The van der Waals surface area contributed by atoms with Crippen LogP contribution in [0.5, 0.6) is 0 Å². The van der Waals surface area contributed by atoms with Crippen molar-refractivity contribution in [3.05, 3.63) is 41.3 Å². The zero-order valence-corrected chi connectivity index (χ0v) is 17.5. The van der Waals surface area contributed by atoms with Crippen LogP contribution < -0.4 is 10.2 Å². The Morgan fingerprint density at radius 1 is 1.17 bits per heavy atom. The number of aromatic nitrogens is 4. The van der Waals surface area contributed by atoms with Crippen LogP contribution in [0.1, 0.15) is 19.7 Å². The number of halogens is 1. The third-order valence-electron chi connectivity index (χ3n) is 4.85. The lowest BCUT2D eigenvalue weighted by Crippen LogP contribution is -2.53. The molecule has 9 heteroatoms. The molecule has 0 atom stereocenters. The second-order valence-electron chi connectivity index (χ2n) is 7.45. The van der Waals surface area contributed by atoms with Gasteiger partial charge in [-0.25, -0.2) is 19.4 Å². The monoisotopic (exact) mass is 413 g/mol. The highest BCUT2D eigenvalue weighted by molar-refractivity contribution is 6.30. The summed E-state index contributed by atoms with van der Waals surface area (Å²) in [6.07, 6.45) is 1.79. The average Bonchev–Trinajstić information content (AvgIpc) is 3.10. The van der Waals surface area contributed by atoms with Crippen molar-refractivity contribution in [2.75, 3.05) is 31.1 Å². The first-order valence-electron chi connectivity index (χ1n) is 9.71. The molecule has 0 bridgehead atoms. The maximum Gasteiger partial charge on any atom is 0.317 e. The molecule has 1 N–H and O–H groups in total. The van der Waals surface area contributed by atoms with Crippen molar-refractivity contribution < 1.29 is 4.79 Å². The van der Waals surface area contributed by atoms with Gasteiger partial charge in [-0.1, -0.05) is 17.7 Å². The summed E-state index contributed by atoms with van der Waals surface area (Å²) < 4.78 is 1.78. The van der Waals surface area contributed by atoms with E-state index in [4.69, 9.17) is 11.6 Å². The summed E-state index contributed by atoms with van der Waals surface area (Å²) in [7, 11) is 0. The Labute approximate surface area is 174 Å². The third-order valence-corrected chi connectivity index (χ3v) is 5.09. The van der Waals surface area contributed by atoms with E-state index in [0.29, 0.717) is 37.0 Å². The fourth-order valence-electron chi connectivity index (χ4n) is 3.50. The largest absolute Gasteiger partial charge is 0.352 e. The summed E-state index contributed by atoms with van der Waals surface area (Å²) in [6.45, 7) is 8.51. The molecule has 4 rings (SSSR count). The van der Waals surface area contributed by atoms with Gasteiger partial charge in [0.05, 0.1) is 17.3 Å². The minimum absolute atomic E-state index is 0.0163. The number of rotatable bonds is 3. The van der Waals surface area contributed by atoms with Crippen LogP contribution in [-0.2, 0) is 0 Å². The van der Waals surface area contributed by atoms with Gasteiger partial charge in [0.2, 0.25) is 0 Å². The number of hydrogen-bond acceptors (Lipinski definition) is 5. The summed E-state index contributed by atoms with van der Waals surface area (Å²) >= 11 is 6.15. The molecule has 1 aromatic carbocycles. The highest BCUT2D eigenvalue weighted by Gasteiger charge is 2.25. The number of nitrogens with one attached hydrogen (secondary N) is 1. The Bertz CT molecular complexity index is 1040. The van der Waals surface area contributed by atoms with Crippen LogP contribution >= 0.6 is 11.6 Å². The van der Waals surface area contributed by atoms with E-state index in [1.54, 1.807) is 10.9 Å². The van der Waals surface area contributed by atoms with Crippen LogP contribution in [0.25, 0.3) is 16.7 Å². The molecule has 3 aromatic rings. The molecule has 1 aliphatic rings. The van der Waals surface area contributed by atoms with Gasteiger partial charge in [-0.2, -0.15) is 5.10 Å². The number of carbonyl (C=O) groups excluding carboxylic acids is 1. The molecule has 2 aromatic heterocycles. The van der Waals surface area contributed by atoms with Gasteiger partial charge >= 0.3 is 6.03 Å². The fourth-order valence-corrected chi connectivity index (χ4v) is 3.68. The van der Waals surface area contributed by atoms with E-state index < -0.39 is 0 Å². The van der Waals surface area contributed by atoms with Crippen molar-refractivity contribution in [2.45, 2.75) is 26.8 Å². The average molecular weight is 414 g/mol. The molecule has 1 saturated heterocycles. The molecule has 0 spiro atoms. The maximum atomic E-state index is 12.3. The Kier molecular flexibility index (Phi) is 5.27. The van der Waals surface area contributed by atoms with Gasteiger partial charge in [-0.3, -0.25) is 0 Å². The molecule has 0 aliphatic carbocycles. The SMILES string of the molecule is Cc1nc(N2CCN(C(=O)NC(C)C)CC2)c2cnn(-c3cccc(Cl)c3)c2n1. The second kappa shape index (κ2) is 7.87. The molecule has 8 nitrogen and oxygen atoms in total. The van der Waals surface area contributed by atoms with Gasteiger partial charge in [0, 0.05) is 37.2 Å². The van der Waals surface area contributed by atoms with Crippen molar-refractivity contribution in [1.29, 1.82) is 0 Å². The minimum Gasteiger partial charge on any atom is -0.352 e. The fraction of sp³-hybridized carbons (Fsp3) is 0.400. The second-order valence-corrected chi connectivity index (χ2v) is 7.88. The summed E-state index contributed by atoms with van der Waals surface area (Å²) in [5.41, 5.74) is 1.60. The number of hydrogen-bond donors (Lipinski definition) is 1. The van der Waals surface area contributed by atoms with Crippen molar-refractivity contribution in [3.63, 3.8) is 0 Å². The first-order valence-corrected chi connectivity index (χ1v) is 10.1. The van der Waals surface area contributed by atoms with E-state index in [9.17, 15) is 4.79 Å². The topological polar surface area (TPSA) is 79.2 Å². The predicted octanol–water partition coefficient (Wildman–Crippen LogP) is 3.02. The van der Waals surface area contributed by atoms with Crippen LogP contribution in [-0.4, -0.2) is 62.9 Å². The Morgan fingerprint density at radius 3 is 2.62 bits per heavy atom. The van der Waals surface area contributed by atoms with Crippen molar-refractivity contribution in [1.82, 2.24) is 30.0 Å². The Balaban J connectivity index is 1.62. The van der Waals surface area contributed by atoms with Crippen LogP contribution in [0.3, 0.4) is 0 Å². The lowest BCUT2D eigenvalue weighted by atomic mass is 10.2. The molecular weight excluding hydrogens is 390 g/mol. The predicted molar refractivity (Wildman–Crippen MR) is 114 cm³/mol. The zero-order chi connectivity index (χ0) is 20.5. The molecular formula is C20H24ClN7O. The normalized spacial score (nSPS) is 14.7. The van der Waals surface area contributed by atoms with E-state index in [1.807, 2.05) is 49.9 Å². The van der Waals surface area contributed by atoms with Gasteiger partial charge in [0.1, 0.15) is 11.6 Å². The van der Waals surface area contributed by atoms with E-state index in [1.165, 1.54) is 0 Å². The third kappa shape index (κ3) is 3.98. The first kappa shape index (κ1) is 19.4. The summed E-state index contributed by atoms with van der Waals surface area (Å²) in [5, 5.41) is 9.02. The molecule has 152 valence electrons. The van der Waals surface area contributed by atoms with Crippen LogP contribution in [0, 0.1) is 6.92 Å². The molecule has 3 heterocycles. The smallest absolute Gasteiger partial charge is 0.317 e. The van der Waals surface area contributed by atoms with E-state index in [-0.39, 0.29) is 12.1 Å². The molecule has 0 radical (unpaired) electrons. The van der Waals surface area contributed by atoms with Crippen molar-refractivity contribution >= 4 is 34.5 Å². The van der Waals surface area contributed by atoms with E-state index in [2.05, 4.69) is 25.3 Å². The van der Waals surface area contributed by atoms with Gasteiger partial charge < -0.3 is 15.1 Å². The Hall–Kier alpha value is -2.87. The van der Waals surface area contributed by atoms with E-state index in [0.717, 1.165) is 22.5 Å². The van der Waals surface area contributed by atoms with E-state index >= 15 is 0 Å². The number of urea groups is 1. The standard InChI is InChI=1S/C20H24ClN7O/c1-13(2)23-20(29)27-9-7-26(8-10-27)18-17-12-22-28(19(17)25-14(3)24-18)16-6-4-5-15(21)11-16/h4-6,11-13H,7-10H2,1-3H3,(H,23,29). The highest BCUT2D eigenvalue weighted by Crippen LogP contribution is 2.27. The number of aryl methyl sites for hydroxylation is 1. The number of anilines is 1. The van der Waals surface area contributed by atoms with Gasteiger partial charge in [-0.05, 0) is 39.0 Å². The number of amides is 2. The Morgan fingerprint density at radius 2 is 1.93 bits per heavy atom. The number of fused-ring (bicyclic) bond motifs is 1. The molecule has 1 aliphatic heterocycles. The van der Waals surface area contributed by atoms with Crippen molar-refractivity contribution in [2.24, 2.45) is 0 Å². The van der Waals surface area contributed by atoms with Crippen LogP contribution in [0.4, 0.5) is 10.6 Å². The molecule has 2 amide bonds. The quantitative estimate of drug-likeness (QED) is 0.714. The summed E-state index contributed by atoms with van der Waals surface area (Å²) in [6, 6.07) is 7.64. The minimum atomic E-state index is -0.0163. The highest BCUT2D eigenvalue weighted by atomic mass is 35.5. The zero-order valence-electron chi connectivity index (χ0n) is 16.8. The van der Waals surface area contributed by atoms with Crippen LogP contribution in [0.2, 0.25) is 5.02 Å². The maximum absolute atomic E-state index is 12.3. The van der Waals surface area contributed by atoms with Gasteiger partial charge in [0.15, 0.2) is 5.65 Å². The number of nitrogens with zero attached hydrogens (tertiary/aromatic N) is 6. The number of piperazine rings is 1. The number of carbonyl (C=O) groups is 1. The lowest BCUT2D eigenvalue weighted by molar-refractivity contribution is 0.192. The first-order chi connectivity index (χ1) is 13.9. The molecule has 0 saturated carbocycles. The number of benzene rings is 1. The molecule has 1 fully saturated rings.